The van der Waals surface area contributed by atoms with Gasteiger partial charge in [0.05, 0.1) is 5.69 Å². The first-order chi connectivity index (χ1) is 15.1. The molecule has 0 spiro atoms. The van der Waals surface area contributed by atoms with E-state index in [1.54, 1.807) is 18.2 Å². The molecule has 1 aromatic heterocycles. The number of hydrogen-bond donors (Lipinski definition) is 1. The fraction of sp³-hybridized carbons (Fsp3) is 0.292. The fourth-order valence-corrected chi connectivity index (χ4v) is 3.86. The second-order valence-corrected chi connectivity index (χ2v) is 7.80. The Bertz CT molecular complexity index is 1090. The van der Waals surface area contributed by atoms with Crippen LogP contribution in [0.4, 0.5) is 4.39 Å². The molecule has 1 saturated heterocycles. The Kier molecular flexibility index (Phi) is 6.52. The van der Waals surface area contributed by atoms with Crippen LogP contribution >= 0.6 is 0 Å². The van der Waals surface area contributed by atoms with Crippen LogP contribution in [0.2, 0.25) is 0 Å². The van der Waals surface area contributed by atoms with Crippen molar-refractivity contribution in [1.82, 2.24) is 20.0 Å². The van der Waals surface area contributed by atoms with Crippen LogP contribution in [0.1, 0.15) is 18.4 Å². The molecule has 0 radical (unpaired) electrons. The molecule has 0 unspecified atom stereocenters. The van der Waals surface area contributed by atoms with Gasteiger partial charge in [-0.1, -0.05) is 42.5 Å². The molecule has 4 rings (SSSR count). The molecule has 7 heteroatoms. The minimum atomic E-state index is -0.424. The number of hydrogen-bond acceptors (Lipinski definition) is 4. The molecule has 0 saturated carbocycles. The largest absolute Gasteiger partial charge is 0.352 e. The van der Waals surface area contributed by atoms with E-state index in [1.807, 2.05) is 18.2 Å². The molecular weight excluding hydrogens is 395 g/mol. The number of carbonyl (C=O) groups excluding carboxylic acids is 1. The number of rotatable bonds is 6. The van der Waals surface area contributed by atoms with E-state index in [-0.39, 0.29) is 18.5 Å². The van der Waals surface area contributed by atoms with E-state index >= 15 is 0 Å². The Hall–Kier alpha value is -3.32. The summed E-state index contributed by atoms with van der Waals surface area (Å²) in [4.78, 5) is 27.1. The molecule has 0 aliphatic carbocycles. The quantitative estimate of drug-likeness (QED) is 0.666. The fourth-order valence-electron chi connectivity index (χ4n) is 3.86. The van der Waals surface area contributed by atoms with Crippen LogP contribution in [-0.4, -0.2) is 39.7 Å². The summed E-state index contributed by atoms with van der Waals surface area (Å²) in [6, 6.07) is 19.4. The third-order valence-corrected chi connectivity index (χ3v) is 5.51. The lowest BCUT2D eigenvalue weighted by Gasteiger charge is -2.32. The molecule has 1 aliphatic heterocycles. The molecule has 1 amide bonds. The highest BCUT2D eigenvalue weighted by Gasteiger charge is 2.21. The standard InChI is InChI=1S/C24H25FN4O2/c25-21-9-5-4-8-20(21)22-10-11-24(31)29(27-22)17-23(30)26-19-12-14-28(15-13-19)16-18-6-2-1-3-7-18/h1-11,19H,12-17H2,(H,26,30). The highest BCUT2D eigenvalue weighted by atomic mass is 19.1. The first-order valence-electron chi connectivity index (χ1n) is 10.5. The third-order valence-electron chi connectivity index (χ3n) is 5.51. The van der Waals surface area contributed by atoms with Crippen molar-refractivity contribution >= 4 is 5.91 Å². The van der Waals surface area contributed by atoms with Crippen molar-refractivity contribution in [1.29, 1.82) is 0 Å². The predicted molar refractivity (Wildman–Crippen MR) is 117 cm³/mol. The topological polar surface area (TPSA) is 67.2 Å². The molecule has 160 valence electrons. The van der Waals surface area contributed by atoms with Gasteiger partial charge in [-0.2, -0.15) is 5.10 Å². The minimum Gasteiger partial charge on any atom is -0.352 e. The Balaban J connectivity index is 1.33. The van der Waals surface area contributed by atoms with Crippen molar-refractivity contribution in [3.63, 3.8) is 0 Å². The number of piperidine rings is 1. The van der Waals surface area contributed by atoms with E-state index in [1.165, 1.54) is 23.8 Å². The average molecular weight is 420 g/mol. The Morgan fingerprint density at radius 3 is 2.45 bits per heavy atom. The van der Waals surface area contributed by atoms with E-state index < -0.39 is 11.4 Å². The van der Waals surface area contributed by atoms with Gasteiger partial charge in [0.1, 0.15) is 12.4 Å². The molecule has 1 aliphatic rings. The number of aromatic nitrogens is 2. The van der Waals surface area contributed by atoms with Crippen LogP contribution in [0.3, 0.4) is 0 Å². The predicted octanol–water partition coefficient (Wildman–Crippen LogP) is 2.83. The van der Waals surface area contributed by atoms with Gasteiger partial charge in [-0.05, 0) is 36.6 Å². The molecule has 2 heterocycles. The van der Waals surface area contributed by atoms with Crippen molar-refractivity contribution in [3.05, 3.63) is 88.5 Å². The van der Waals surface area contributed by atoms with Gasteiger partial charge < -0.3 is 5.32 Å². The van der Waals surface area contributed by atoms with Crippen LogP contribution in [-0.2, 0) is 17.9 Å². The van der Waals surface area contributed by atoms with E-state index in [0.29, 0.717) is 11.3 Å². The lowest BCUT2D eigenvalue weighted by Crippen LogP contribution is -2.46. The van der Waals surface area contributed by atoms with Gasteiger partial charge in [-0.3, -0.25) is 14.5 Å². The highest BCUT2D eigenvalue weighted by Crippen LogP contribution is 2.19. The average Bonchev–Trinajstić information content (AvgIpc) is 2.78. The monoisotopic (exact) mass is 420 g/mol. The third kappa shape index (κ3) is 5.44. The number of carbonyl (C=O) groups is 1. The van der Waals surface area contributed by atoms with Gasteiger partial charge in [0.2, 0.25) is 5.91 Å². The van der Waals surface area contributed by atoms with Crippen molar-refractivity contribution in [3.8, 4) is 11.3 Å². The molecule has 6 nitrogen and oxygen atoms in total. The normalized spacial score (nSPS) is 15.0. The second-order valence-electron chi connectivity index (χ2n) is 7.80. The SMILES string of the molecule is O=C(Cn1nc(-c2ccccc2F)ccc1=O)NC1CCN(Cc2ccccc2)CC1. The maximum atomic E-state index is 14.0. The van der Waals surface area contributed by atoms with Gasteiger partial charge in [0.25, 0.3) is 5.56 Å². The number of nitrogens with zero attached hydrogens (tertiary/aromatic N) is 3. The Morgan fingerprint density at radius 1 is 1.00 bits per heavy atom. The lowest BCUT2D eigenvalue weighted by molar-refractivity contribution is -0.122. The summed E-state index contributed by atoms with van der Waals surface area (Å²) in [5.41, 5.74) is 1.50. The summed E-state index contributed by atoms with van der Waals surface area (Å²) in [5, 5.41) is 7.20. The van der Waals surface area contributed by atoms with Crippen molar-refractivity contribution in [2.45, 2.75) is 32.0 Å². The summed E-state index contributed by atoms with van der Waals surface area (Å²) in [6.45, 7) is 2.52. The molecule has 31 heavy (non-hydrogen) atoms. The van der Waals surface area contributed by atoms with Gasteiger partial charge in [0.15, 0.2) is 0 Å². The Labute approximate surface area is 180 Å². The summed E-state index contributed by atoms with van der Waals surface area (Å²) in [6.07, 6.45) is 1.71. The number of halogens is 1. The van der Waals surface area contributed by atoms with Gasteiger partial charge >= 0.3 is 0 Å². The highest BCUT2D eigenvalue weighted by molar-refractivity contribution is 5.76. The molecular formula is C24H25FN4O2. The van der Waals surface area contributed by atoms with E-state index in [4.69, 9.17) is 0 Å². The maximum Gasteiger partial charge on any atom is 0.267 e. The van der Waals surface area contributed by atoms with Crippen LogP contribution in [0.25, 0.3) is 11.3 Å². The number of benzene rings is 2. The summed E-state index contributed by atoms with van der Waals surface area (Å²) < 4.78 is 15.1. The van der Waals surface area contributed by atoms with Crippen molar-refractivity contribution < 1.29 is 9.18 Å². The number of nitrogens with one attached hydrogen (secondary N) is 1. The van der Waals surface area contributed by atoms with Crippen LogP contribution in [0.15, 0.2) is 71.5 Å². The number of likely N-dealkylation sites (tertiary alicyclic amines) is 1. The van der Waals surface area contributed by atoms with Crippen LogP contribution < -0.4 is 10.9 Å². The van der Waals surface area contributed by atoms with E-state index in [2.05, 4.69) is 27.4 Å². The molecule has 0 bridgehead atoms. The van der Waals surface area contributed by atoms with E-state index in [9.17, 15) is 14.0 Å². The minimum absolute atomic E-state index is 0.0741. The zero-order valence-corrected chi connectivity index (χ0v) is 17.2. The lowest BCUT2D eigenvalue weighted by atomic mass is 10.0. The van der Waals surface area contributed by atoms with E-state index in [0.717, 1.165) is 37.2 Å². The first-order valence-corrected chi connectivity index (χ1v) is 10.5. The maximum absolute atomic E-state index is 14.0. The molecule has 0 atom stereocenters. The smallest absolute Gasteiger partial charge is 0.267 e. The van der Waals surface area contributed by atoms with Gasteiger partial charge in [-0.25, -0.2) is 9.07 Å². The van der Waals surface area contributed by atoms with Crippen LogP contribution in [0.5, 0.6) is 0 Å². The zero-order valence-electron chi connectivity index (χ0n) is 17.2. The first kappa shape index (κ1) is 20.9. The number of amides is 1. The zero-order chi connectivity index (χ0) is 21.6. The molecule has 3 aromatic rings. The van der Waals surface area contributed by atoms with Gasteiger partial charge in [-0.15, -0.1) is 0 Å². The van der Waals surface area contributed by atoms with Crippen LogP contribution in [0, 0.1) is 5.82 Å². The van der Waals surface area contributed by atoms with Crippen molar-refractivity contribution in [2.24, 2.45) is 0 Å². The summed E-state index contributed by atoms with van der Waals surface area (Å²) in [7, 11) is 0. The summed E-state index contributed by atoms with van der Waals surface area (Å²) >= 11 is 0. The Morgan fingerprint density at radius 2 is 1.71 bits per heavy atom. The molecule has 1 N–H and O–H groups in total. The summed E-state index contributed by atoms with van der Waals surface area (Å²) in [5.74, 6) is -0.686. The van der Waals surface area contributed by atoms with Gasteiger partial charge in [0, 0.05) is 37.3 Å². The molecule has 1 fully saturated rings. The molecule has 2 aromatic carbocycles. The second kappa shape index (κ2) is 9.66. The van der Waals surface area contributed by atoms with Crippen molar-refractivity contribution in [2.75, 3.05) is 13.1 Å².